The Balaban J connectivity index is 1.51. The van der Waals surface area contributed by atoms with Gasteiger partial charge in [-0.1, -0.05) is 30.3 Å². The van der Waals surface area contributed by atoms with E-state index in [0.29, 0.717) is 12.0 Å². The van der Waals surface area contributed by atoms with Crippen molar-refractivity contribution in [2.45, 2.75) is 38.8 Å². The van der Waals surface area contributed by atoms with Gasteiger partial charge in [0, 0.05) is 23.9 Å². The van der Waals surface area contributed by atoms with Crippen molar-refractivity contribution in [1.82, 2.24) is 15.6 Å². The molecule has 0 amide bonds. The summed E-state index contributed by atoms with van der Waals surface area (Å²) < 4.78 is 0. The second-order valence-electron chi connectivity index (χ2n) is 5.68. The molecule has 5 heteroatoms. The van der Waals surface area contributed by atoms with Crippen LogP contribution >= 0.6 is 11.3 Å². The van der Waals surface area contributed by atoms with Crippen molar-refractivity contribution in [1.29, 1.82) is 0 Å². The minimum atomic E-state index is 0.480. The smallest absolute Gasteiger partial charge is 0.191 e. The molecule has 4 nitrogen and oxygen atoms in total. The van der Waals surface area contributed by atoms with E-state index in [9.17, 15) is 0 Å². The Morgan fingerprint density at radius 1 is 1.32 bits per heavy atom. The van der Waals surface area contributed by atoms with Gasteiger partial charge in [0.1, 0.15) is 5.01 Å². The molecule has 1 fully saturated rings. The van der Waals surface area contributed by atoms with Crippen molar-refractivity contribution in [3.63, 3.8) is 0 Å². The summed E-state index contributed by atoms with van der Waals surface area (Å²) in [5.74, 6) is 1.46. The van der Waals surface area contributed by atoms with Crippen LogP contribution in [-0.2, 0) is 6.54 Å². The lowest BCUT2D eigenvalue weighted by Gasteiger charge is -2.10. The van der Waals surface area contributed by atoms with E-state index in [-0.39, 0.29) is 0 Å². The minimum Gasteiger partial charge on any atom is -0.353 e. The van der Waals surface area contributed by atoms with Gasteiger partial charge in [-0.25, -0.2) is 4.98 Å². The fourth-order valence-corrected chi connectivity index (χ4v) is 3.44. The molecule has 2 atom stereocenters. The monoisotopic (exact) mass is 314 g/mol. The van der Waals surface area contributed by atoms with E-state index in [1.807, 2.05) is 7.05 Å². The first kappa shape index (κ1) is 15.0. The number of aliphatic imine (C=N–C) groups is 1. The predicted molar refractivity (Wildman–Crippen MR) is 92.5 cm³/mol. The van der Waals surface area contributed by atoms with Crippen LogP contribution in [0.25, 0.3) is 0 Å². The van der Waals surface area contributed by atoms with Crippen LogP contribution < -0.4 is 10.6 Å². The lowest BCUT2D eigenvalue weighted by Crippen LogP contribution is -2.38. The normalized spacial score (nSPS) is 20.8. The van der Waals surface area contributed by atoms with Gasteiger partial charge in [-0.2, -0.15) is 0 Å². The number of rotatable bonds is 4. The van der Waals surface area contributed by atoms with Crippen molar-refractivity contribution in [3.8, 4) is 0 Å². The highest BCUT2D eigenvalue weighted by atomic mass is 32.1. The lowest BCUT2D eigenvalue weighted by molar-refractivity contribution is 0.786. The summed E-state index contributed by atoms with van der Waals surface area (Å²) in [4.78, 5) is 10.1. The van der Waals surface area contributed by atoms with Crippen LogP contribution in [0.5, 0.6) is 0 Å². The number of thiazole rings is 1. The molecule has 0 radical (unpaired) electrons. The molecule has 3 rings (SSSR count). The molecule has 0 bridgehead atoms. The van der Waals surface area contributed by atoms with E-state index < -0.39 is 0 Å². The van der Waals surface area contributed by atoms with Crippen LogP contribution in [0.3, 0.4) is 0 Å². The van der Waals surface area contributed by atoms with Gasteiger partial charge in [0.15, 0.2) is 5.96 Å². The van der Waals surface area contributed by atoms with Crippen LogP contribution in [0.15, 0.2) is 35.3 Å². The van der Waals surface area contributed by atoms with Crippen molar-refractivity contribution in [3.05, 3.63) is 51.5 Å². The van der Waals surface area contributed by atoms with E-state index in [4.69, 9.17) is 0 Å². The summed E-state index contributed by atoms with van der Waals surface area (Å²) >= 11 is 1.74. The van der Waals surface area contributed by atoms with Crippen LogP contribution in [-0.4, -0.2) is 24.0 Å². The number of benzene rings is 1. The molecule has 0 spiro atoms. The van der Waals surface area contributed by atoms with E-state index >= 15 is 0 Å². The van der Waals surface area contributed by atoms with Crippen LogP contribution in [0.2, 0.25) is 0 Å². The Labute approximate surface area is 135 Å². The molecule has 2 N–H and O–H groups in total. The van der Waals surface area contributed by atoms with E-state index in [0.717, 1.165) is 23.2 Å². The molecule has 2 aromatic rings. The number of guanidine groups is 1. The first-order valence-electron chi connectivity index (χ1n) is 7.62. The highest BCUT2D eigenvalue weighted by Crippen LogP contribution is 2.40. The van der Waals surface area contributed by atoms with Gasteiger partial charge >= 0.3 is 0 Å². The number of nitrogens with zero attached hydrogens (tertiary/aromatic N) is 2. The number of hydrogen-bond donors (Lipinski definition) is 2. The van der Waals surface area contributed by atoms with Gasteiger partial charge in [-0.15, -0.1) is 11.3 Å². The average Bonchev–Trinajstić information content (AvgIpc) is 3.23. The summed E-state index contributed by atoms with van der Waals surface area (Å²) in [6.07, 6.45) is 1.17. The van der Waals surface area contributed by atoms with E-state index in [2.05, 4.69) is 64.8 Å². The zero-order valence-electron chi connectivity index (χ0n) is 13.3. The second-order valence-corrected chi connectivity index (χ2v) is 6.97. The molecule has 1 aromatic heterocycles. The minimum absolute atomic E-state index is 0.480. The maximum Gasteiger partial charge on any atom is 0.191 e. The van der Waals surface area contributed by atoms with Gasteiger partial charge < -0.3 is 10.6 Å². The first-order chi connectivity index (χ1) is 10.7. The molecule has 1 aromatic carbocycles. The maximum atomic E-state index is 4.55. The Kier molecular flexibility index (Phi) is 4.43. The average molecular weight is 314 g/mol. The molecule has 116 valence electrons. The van der Waals surface area contributed by atoms with Crippen LogP contribution in [0.4, 0.5) is 0 Å². The fraction of sp³-hybridized carbons (Fsp3) is 0.412. The molecule has 1 aliphatic rings. The standard InChI is InChI=1S/C17H22N4S/c1-11-12(2)22-16(20-11)10-19-17(18-3)21-15-9-14(15)13-7-5-4-6-8-13/h4-8,14-15H,9-10H2,1-3H3,(H2,18,19,21). The zero-order valence-corrected chi connectivity index (χ0v) is 14.1. The second kappa shape index (κ2) is 6.48. The topological polar surface area (TPSA) is 49.3 Å². The van der Waals surface area contributed by atoms with E-state index in [1.165, 1.54) is 16.9 Å². The predicted octanol–water partition coefficient (Wildman–Crippen LogP) is 2.98. The van der Waals surface area contributed by atoms with Gasteiger partial charge in [0.05, 0.1) is 12.2 Å². The Morgan fingerprint density at radius 3 is 2.73 bits per heavy atom. The molecular weight excluding hydrogens is 292 g/mol. The van der Waals surface area contributed by atoms with Gasteiger partial charge in [-0.3, -0.25) is 4.99 Å². The molecule has 0 saturated heterocycles. The summed E-state index contributed by atoms with van der Waals surface area (Å²) in [6, 6.07) is 11.1. The largest absolute Gasteiger partial charge is 0.353 e. The number of hydrogen-bond acceptors (Lipinski definition) is 3. The van der Waals surface area contributed by atoms with Crippen LogP contribution in [0.1, 0.15) is 33.5 Å². The van der Waals surface area contributed by atoms with E-state index in [1.54, 1.807) is 11.3 Å². The SMILES string of the molecule is CN=C(NCc1nc(C)c(C)s1)NC1CC1c1ccccc1. The Morgan fingerprint density at radius 2 is 2.09 bits per heavy atom. The maximum absolute atomic E-state index is 4.55. The number of aryl methyl sites for hydroxylation is 2. The summed E-state index contributed by atoms with van der Waals surface area (Å²) in [6.45, 7) is 4.89. The third-order valence-electron chi connectivity index (χ3n) is 4.04. The van der Waals surface area contributed by atoms with Crippen molar-refractivity contribution in [2.24, 2.45) is 4.99 Å². The number of aromatic nitrogens is 1. The third kappa shape index (κ3) is 3.47. The molecule has 22 heavy (non-hydrogen) atoms. The first-order valence-corrected chi connectivity index (χ1v) is 8.44. The molecule has 1 saturated carbocycles. The van der Waals surface area contributed by atoms with Crippen molar-refractivity contribution < 1.29 is 0 Å². The summed E-state index contributed by atoms with van der Waals surface area (Å²) in [5.41, 5.74) is 2.53. The highest BCUT2D eigenvalue weighted by Gasteiger charge is 2.38. The summed E-state index contributed by atoms with van der Waals surface area (Å²) in [5, 5.41) is 7.96. The summed E-state index contributed by atoms with van der Waals surface area (Å²) in [7, 11) is 1.81. The van der Waals surface area contributed by atoms with Crippen molar-refractivity contribution in [2.75, 3.05) is 7.05 Å². The van der Waals surface area contributed by atoms with Crippen molar-refractivity contribution >= 4 is 17.3 Å². The lowest BCUT2D eigenvalue weighted by atomic mass is 10.1. The van der Waals surface area contributed by atoms with Crippen LogP contribution in [0, 0.1) is 13.8 Å². The highest BCUT2D eigenvalue weighted by molar-refractivity contribution is 7.11. The molecular formula is C17H22N4S. The molecule has 1 aliphatic carbocycles. The van der Waals surface area contributed by atoms with Gasteiger partial charge in [0.2, 0.25) is 0 Å². The van der Waals surface area contributed by atoms with Gasteiger partial charge in [0.25, 0.3) is 0 Å². The fourth-order valence-electron chi connectivity index (χ4n) is 2.57. The molecule has 0 aliphatic heterocycles. The molecule has 2 unspecified atom stereocenters. The Hall–Kier alpha value is -1.88. The Bertz CT molecular complexity index is 643. The number of nitrogens with one attached hydrogen (secondary N) is 2. The quantitative estimate of drug-likeness (QED) is 0.674. The third-order valence-corrected chi connectivity index (χ3v) is 5.12. The zero-order chi connectivity index (χ0) is 15.5. The molecule has 1 heterocycles. The van der Waals surface area contributed by atoms with Gasteiger partial charge in [-0.05, 0) is 25.8 Å².